The van der Waals surface area contributed by atoms with Crippen molar-refractivity contribution in [3.05, 3.63) is 106 Å². The zero-order valence-electron chi connectivity index (χ0n) is 20.6. The van der Waals surface area contributed by atoms with Crippen LogP contribution in [0.5, 0.6) is 5.75 Å². The van der Waals surface area contributed by atoms with Crippen molar-refractivity contribution >= 4 is 29.0 Å². The molecule has 5 nitrogen and oxygen atoms in total. The molecule has 0 atom stereocenters. The first-order chi connectivity index (χ1) is 16.8. The average molecular weight is 491 g/mol. The van der Waals surface area contributed by atoms with E-state index in [0.717, 1.165) is 17.6 Å². The van der Waals surface area contributed by atoms with Crippen molar-refractivity contribution < 1.29 is 14.3 Å². The van der Waals surface area contributed by atoms with Gasteiger partial charge in [-0.25, -0.2) is 0 Å². The first-order valence-corrected chi connectivity index (χ1v) is 11.8. The van der Waals surface area contributed by atoms with Crippen molar-refractivity contribution in [1.82, 2.24) is 9.80 Å². The topological polar surface area (TPSA) is 49.9 Å². The molecule has 0 saturated carbocycles. The standard InChI is InChI=1S/C29H31ClN2O3/c1-21(32(3)29(34)23-13-15-25(30)16-14-23)27(24-11-8-12-26(19-24)35-4)20-28(33)31(2)18-17-22-9-6-5-7-10-22/h5-16,19H,17-18,20H2,1-4H3/b27-21-. The van der Waals surface area contributed by atoms with Gasteiger partial charge in [-0.2, -0.15) is 0 Å². The molecule has 3 rings (SSSR count). The minimum Gasteiger partial charge on any atom is -0.497 e. The largest absolute Gasteiger partial charge is 0.497 e. The van der Waals surface area contributed by atoms with Crippen molar-refractivity contribution in [3.63, 3.8) is 0 Å². The van der Waals surface area contributed by atoms with Gasteiger partial charge in [0, 0.05) is 36.9 Å². The highest BCUT2D eigenvalue weighted by Crippen LogP contribution is 2.28. The van der Waals surface area contributed by atoms with Crippen molar-refractivity contribution in [2.45, 2.75) is 19.8 Å². The molecular formula is C29H31ClN2O3. The summed E-state index contributed by atoms with van der Waals surface area (Å²) in [6, 6.07) is 24.4. The van der Waals surface area contributed by atoms with Gasteiger partial charge in [-0.3, -0.25) is 9.59 Å². The summed E-state index contributed by atoms with van der Waals surface area (Å²) in [6.45, 7) is 2.46. The lowest BCUT2D eigenvalue weighted by atomic mass is 9.98. The molecule has 0 radical (unpaired) electrons. The van der Waals surface area contributed by atoms with Gasteiger partial charge in [-0.1, -0.05) is 54.1 Å². The fourth-order valence-electron chi connectivity index (χ4n) is 3.74. The Kier molecular flexibility index (Phi) is 9.10. The number of allylic oxidation sites excluding steroid dienone is 1. The van der Waals surface area contributed by atoms with Gasteiger partial charge in [0.15, 0.2) is 0 Å². The number of hydrogen-bond acceptors (Lipinski definition) is 3. The average Bonchev–Trinajstić information content (AvgIpc) is 2.90. The first kappa shape index (κ1) is 26.0. The third kappa shape index (κ3) is 6.96. The highest BCUT2D eigenvalue weighted by atomic mass is 35.5. The van der Waals surface area contributed by atoms with Crippen LogP contribution in [-0.2, 0) is 11.2 Å². The summed E-state index contributed by atoms with van der Waals surface area (Å²) in [5, 5.41) is 0.567. The second-order valence-electron chi connectivity index (χ2n) is 8.39. The number of methoxy groups -OCH3 is 1. The summed E-state index contributed by atoms with van der Waals surface area (Å²) in [5.41, 5.74) is 4.00. The van der Waals surface area contributed by atoms with E-state index in [-0.39, 0.29) is 18.2 Å². The Morgan fingerprint density at radius 3 is 2.23 bits per heavy atom. The summed E-state index contributed by atoms with van der Waals surface area (Å²) < 4.78 is 5.40. The van der Waals surface area contributed by atoms with Crippen LogP contribution < -0.4 is 4.74 Å². The van der Waals surface area contributed by atoms with Crippen molar-refractivity contribution in [3.8, 4) is 5.75 Å². The predicted molar refractivity (Wildman–Crippen MR) is 142 cm³/mol. The normalized spacial score (nSPS) is 11.5. The molecule has 0 fully saturated rings. The van der Waals surface area contributed by atoms with Crippen LogP contribution in [-0.4, -0.2) is 49.4 Å². The number of halogens is 1. The minimum atomic E-state index is -0.176. The molecule has 35 heavy (non-hydrogen) atoms. The van der Waals surface area contributed by atoms with Crippen LogP contribution in [0, 0.1) is 0 Å². The van der Waals surface area contributed by atoms with Gasteiger partial charge in [-0.15, -0.1) is 0 Å². The van der Waals surface area contributed by atoms with Crippen molar-refractivity contribution in [1.29, 1.82) is 0 Å². The third-order valence-electron chi connectivity index (χ3n) is 6.09. The first-order valence-electron chi connectivity index (χ1n) is 11.5. The van der Waals surface area contributed by atoms with Crippen LogP contribution in [0.15, 0.2) is 84.6 Å². The van der Waals surface area contributed by atoms with Crippen LogP contribution in [0.4, 0.5) is 0 Å². The molecule has 0 spiro atoms. The van der Waals surface area contributed by atoms with Gasteiger partial charge in [-0.05, 0) is 66.4 Å². The maximum absolute atomic E-state index is 13.2. The van der Waals surface area contributed by atoms with Gasteiger partial charge >= 0.3 is 0 Å². The van der Waals surface area contributed by atoms with Gasteiger partial charge in [0.1, 0.15) is 5.75 Å². The zero-order chi connectivity index (χ0) is 25.4. The Balaban J connectivity index is 1.87. The Morgan fingerprint density at radius 2 is 1.57 bits per heavy atom. The van der Waals surface area contributed by atoms with E-state index in [1.165, 1.54) is 5.56 Å². The van der Waals surface area contributed by atoms with E-state index in [9.17, 15) is 9.59 Å². The van der Waals surface area contributed by atoms with Crippen LogP contribution >= 0.6 is 11.6 Å². The quantitative estimate of drug-likeness (QED) is 0.373. The van der Waals surface area contributed by atoms with E-state index in [0.29, 0.717) is 28.6 Å². The molecule has 0 unspecified atom stereocenters. The smallest absolute Gasteiger partial charge is 0.257 e. The number of ether oxygens (including phenoxy) is 1. The molecular weight excluding hydrogens is 460 g/mol. The second-order valence-corrected chi connectivity index (χ2v) is 8.83. The second kappa shape index (κ2) is 12.2. The van der Waals surface area contributed by atoms with E-state index < -0.39 is 0 Å². The van der Waals surface area contributed by atoms with E-state index in [4.69, 9.17) is 16.3 Å². The van der Waals surface area contributed by atoms with Crippen LogP contribution in [0.25, 0.3) is 5.57 Å². The highest BCUT2D eigenvalue weighted by molar-refractivity contribution is 6.30. The van der Waals surface area contributed by atoms with E-state index in [1.54, 1.807) is 48.2 Å². The molecule has 3 aromatic rings. The fraction of sp³-hybridized carbons (Fsp3) is 0.241. The summed E-state index contributed by atoms with van der Waals surface area (Å²) in [7, 11) is 5.14. The number of nitrogens with zero attached hydrogens (tertiary/aromatic N) is 2. The van der Waals surface area contributed by atoms with Gasteiger partial charge in [0.25, 0.3) is 5.91 Å². The maximum Gasteiger partial charge on any atom is 0.257 e. The summed E-state index contributed by atoms with van der Waals surface area (Å²) >= 11 is 5.98. The molecule has 0 aliphatic heterocycles. The molecule has 0 bridgehead atoms. The van der Waals surface area contributed by atoms with Crippen LogP contribution in [0.2, 0.25) is 5.02 Å². The summed E-state index contributed by atoms with van der Waals surface area (Å²) in [6.07, 6.45) is 0.928. The Bertz CT molecular complexity index is 1190. The van der Waals surface area contributed by atoms with Crippen LogP contribution in [0.1, 0.15) is 34.8 Å². The Labute approximate surface area is 212 Å². The summed E-state index contributed by atoms with van der Waals surface area (Å²) in [4.78, 5) is 29.7. The maximum atomic E-state index is 13.2. The number of rotatable bonds is 9. The number of benzene rings is 3. The van der Waals surface area contributed by atoms with Gasteiger partial charge in [0.2, 0.25) is 5.91 Å². The molecule has 0 aromatic heterocycles. The van der Waals surface area contributed by atoms with Crippen LogP contribution in [0.3, 0.4) is 0 Å². The van der Waals surface area contributed by atoms with E-state index >= 15 is 0 Å². The molecule has 0 aliphatic rings. The molecule has 0 aliphatic carbocycles. The van der Waals surface area contributed by atoms with Crippen molar-refractivity contribution in [2.75, 3.05) is 27.7 Å². The molecule has 3 aromatic carbocycles. The number of carbonyl (C=O) groups excluding carboxylic acids is 2. The fourth-order valence-corrected chi connectivity index (χ4v) is 3.87. The van der Waals surface area contributed by atoms with E-state index in [2.05, 4.69) is 12.1 Å². The van der Waals surface area contributed by atoms with E-state index in [1.807, 2.05) is 56.4 Å². The molecule has 0 saturated heterocycles. The van der Waals surface area contributed by atoms with Gasteiger partial charge < -0.3 is 14.5 Å². The number of carbonyl (C=O) groups is 2. The lowest BCUT2D eigenvalue weighted by Gasteiger charge is -2.24. The molecule has 6 heteroatoms. The molecule has 2 amide bonds. The lowest BCUT2D eigenvalue weighted by Crippen LogP contribution is -2.30. The SMILES string of the molecule is COc1cccc(/C(CC(=O)N(C)CCc2ccccc2)=C(/C)N(C)C(=O)c2ccc(Cl)cc2)c1. The highest BCUT2D eigenvalue weighted by Gasteiger charge is 2.21. The summed E-state index contributed by atoms with van der Waals surface area (Å²) in [5.74, 6) is 0.485. The molecule has 0 N–H and O–H groups in total. The minimum absolute atomic E-state index is 0.0227. The number of amides is 2. The predicted octanol–water partition coefficient (Wildman–Crippen LogP) is 5.94. The zero-order valence-corrected chi connectivity index (χ0v) is 21.4. The Hall–Kier alpha value is -3.57. The Morgan fingerprint density at radius 1 is 0.886 bits per heavy atom. The number of hydrogen-bond donors (Lipinski definition) is 0. The monoisotopic (exact) mass is 490 g/mol. The van der Waals surface area contributed by atoms with Gasteiger partial charge in [0.05, 0.1) is 13.5 Å². The lowest BCUT2D eigenvalue weighted by molar-refractivity contribution is -0.128. The third-order valence-corrected chi connectivity index (χ3v) is 6.34. The molecule has 0 heterocycles. The van der Waals surface area contributed by atoms with Crippen molar-refractivity contribution in [2.24, 2.45) is 0 Å². The molecule has 182 valence electrons. The number of likely N-dealkylation sites (N-methyl/N-ethyl adjacent to an activating group) is 1.